The first-order chi connectivity index (χ1) is 5.39. The zero-order valence-electron chi connectivity index (χ0n) is 6.93. The number of rotatable bonds is 0. The molecule has 5 N–H and O–H groups in total. The zero-order chi connectivity index (χ0) is 9.61. The number of aromatic nitrogens is 1. The number of pyridine rings is 1. The molecule has 4 nitrogen and oxygen atoms in total. The van der Waals surface area contributed by atoms with Crippen LogP contribution in [0.4, 0.5) is 0 Å². The molecule has 0 saturated heterocycles. The van der Waals surface area contributed by atoms with E-state index in [-0.39, 0.29) is 6.15 Å². The SMILES string of the molecule is Cc1ccccn1.N.[OH][Pt]([OH])([Cl])[Cl]. The summed E-state index contributed by atoms with van der Waals surface area (Å²) in [7, 11) is 9.17. The van der Waals surface area contributed by atoms with Gasteiger partial charge >= 0.3 is 41.1 Å². The molecule has 0 fully saturated rings. The molecule has 0 atom stereocenters. The van der Waals surface area contributed by atoms with E-state index in [2.05, 4.69) is 23.8 Å². The molecule has 82 valence electrons. The van der Waals surface area contributed by atoms with E-state index < -0.39 is 14.7 Å². The summed E-state index contributed by atoms with van der Waals surface area (Å²) in [6.07, 6.45) is 1.79. The Labute approximate surface area is 89.1 Å². The van der Waals surface area contributed by atoms with Crippen molar-refractivity contribution in [2.24, 2.45) is 0 Å². The quantitative estimate of drug-likeness (QED) is 0.609. The molecule has 0 amide bonds. The number of aryl methyl sites for hydroxylation is 1. The van der Waals surface area contributed by atoms with E-state index in [1.165, 1.54) is 0 Å². The first-order valence-corrected chi connectivity index (χ1v) is 10.5. The minimum absolute atomic E-state index is 0. The molecule has 0 bridgehead atoms. The van der Waals surface area contributed by atoms with E-state index in [0.717, 1.165) is 5.69 Å². The second-order valence-electron chi connectivity index (χ2n) is 1.79. The first-order valence-electron chi connectivity index (χ1n) is 2.79. The van der Waals surface area contributed by atoms with Gasteiger partial charge in [0.25, 0.3) is 0 Å². The van der Waals surface area contributed by atoms with Crippen LogP contribution in [0.15, 0.2) is 24.4 Å². The topological polar surface area (TPSA) is 88.4 Å². The summed E-state index contributed by atoms with van der Waals surface area (Å²) < 4.78 is 15.6. The summed E-state index contributed by atoms with van der Waals surface area (Å²) in [6.45, 7) is 1.97. The molecule has 7 heteroatoms. The Morgan fingerprint density at radius 3 is 1.92 bits per heavy atom. The van der Waals surface area contributed by atoms with Crippen molar-refractivity contribution in [2.75, 3.05) is 0 Å². The number of hydrogen-bond acceptors (Lipinski definition) is 4. The minimum atomic E-state index is -4.00. The molecule has 1 aromatic heterocycles. The Morgan fingerprint density at radius 2 is 1.77 bits per heavy atom. The van der Waals surface area contributed by atoms with Crippen molar-refractivity contribution in [3.05, 3.63) is 30.1 Å². The summed E-state index contributed by atoms with van der Waals surface area (Å²) in [5.74, 6) is 0. The van der Waals surface area contributed by atoms with Gasteiger partial charge in [0.05, 0.1) is 0 Å². The molecule has 0 spiro atoms. The van der Waals surface area contributed by atoms with Crippen molar-refractivity contribution < 1.29 is 22.3 Å². The summed E-state index contributed by atoms with van der Waals surface area (Å²) in [4.78, 5) is 3.98. The Morgan fingerprint density at radius 1 is 1.31 bits per heavy atom. The van der Waals surface area contributed by atoms with Crippen molar-refractivity contribution in [2.45, 2.75) is 6.92 Å². The van der Waals surface area contributed by atoms with Crippen molar-refractivity contribution in [1.29, 1.82) is 0 Å². The molecule has 0 aliphatic carbocycles. The van der Waals surface area contributed by atoms with Gasteiger partial charge in [0, 0.05) is 11.9 Å². The van der Waals surface area contributed by atoms with Gasteiger partial charge < -0.3 is 6.15 Å². The predicted octanol–water partition coefficient (Wildman–Crippen LogP) is 1.81. The van der Waals surface area contributed by atoms with Gasteiger partial charge in [-0.25, -0.2) is 0 Å². The van der Waals surface area contributed by atoms with Crippen LogP contribution in [-0.2, 0) is 14.7 Å². The summed E-state index contributed by atoms with van der Waals surface area (Å²) in [5, 5.41) is 0. The standard InChI is InChI=1S/C6H7N.2ClH.H3N.2H2O.Pt/c1-6-4-2-3-5-7-6;;;;;;/h2-5H,1H3;2*1H;1H3;2*1H2;/q;;;;;;+4/p-4. The van der Waals surface area contributed by atoms with Crippen molar-refractivity contribution >= 4 is 18.8 Å². The molecule has 0 aromatic carbocycles. The molecule has 0 unspecified atom stereocenters. The molecule has 0 saturated carbocycles. The van der Waals surface area contributed by atoms with Gasteiger partial charge in [-0.2, -0.15) is 0 Å². The third-order valence-electron chi connectivity index (χ3n) is 0.813. The van der Waals surface area contributed by atoms with E-state index in [1.54, 1.807) is 6.20 Å². The summed E-state index contributed by atoms with van der Waals surface area (Å²) >= 11 is -4.00. The van der Waals surface area contributed by atoms with Crippen LogP contribution in [0.1, 0.15) is 5.69 Å². The van der Waals surface area contributed by atoms with Gasteiger partial charge in [-0.3, -0.25) is 4.98 Å². The summed E-state index contributed by atoms with van der Waals surface area (Å²) in [5.41, 5.74) is 1.07. The third-order valence-corrected chi connectivity index (χ3v) is 0.813. The van der Waals surface area contributed by atoms with Crippen LogP contribution in [0.2, 0.25) is 0 Å². The Hall–Kier alpha value is 0.298. The van der Waals surface area contributed by atoms with Crippen LogP contribution in [0.3, 0.4) is 0 Å². The van der Waals surface area contributed by atoms with Crippen LogP contribution in [0, 0.1) is 6.92 Å². The van der Waals surface area contributed by atoms with E-state index in [4.69, 9.17) is 7.52 Å². The van der Waals surface area contributed by atoms with E-state index >= 15 is 0 Å². The predicted molar refractivity (Wildman–Crippen MR) is 50.1 cm³/mol. The number of nitrogens with zero attached hydrogens (tertiary/aromatic N) is 1. The van der Waals surface area contributed by atoms with Gasteiger partial charge in [0.1, 0.15) is 0 Å². The average molecular weight is 410 g/mol. The average Bonchev–Trinajstić information content (AvgIpc) is 1.85. The third kappa shape index (κ3) is 18.9. The van der Waals surface area contributed by atoms with Crippen LogP contribution in [0.5, 0.6) is 0 Å². The van der Waals surface area contributed by atoms with Gasteiger partial charge in [-0.1, -0.05) is 6.07 Å². The fraction of sp³-hybridized carbons (Fsp3) is 0.167. The van der Waals surface area contributed by atoms with E-state index in [0.29, 0.717) is 0 Å². The maximum absolute atomic E-state index is 7.79. The second-order valence-corrected chi connectivity index (χ2v) is 10.6. The van der Waals surface area contributed by atoms with Crippen molar-refractivity contribution in [3.8, 4) is 0 Å². The zero-order valence-corrected chi connectivity index (χ0v) is 10.7. The van der Waals surface area contributed by atoms with Crippen molar-refractivity contribution in [1.82, 2.24) is 11.1 Å². The monoisotopic (exact) mass is 409 g/mol. The molecule has 0 radical (unpaired) electrons. The van der Waals surface area contributed by atoms with Crippen LogP contribution < -0.4 is 6.15 Å². The van der Waals surface area contributed by atoms with Crippen LogP contribution in [-0.4, -0.2) is 12.5 Å². The fourth-order valence-corrected chi connectivity index (χ4v) is 0.448. The fourth-order valence-electron chi connectivity index (χ4n) is 0.448. The van der Waals surface area contributed by atoms with E-state index in [9.17, 15) is 0 Å². The van der Waals surface area contributed by atoms with Gasteiger partial charge in [0.15, 0.2) is 0 Å². The summed E-state index contributed by atoms with van der Waals surface area (Å²) in [6, 6.07) is 5.86. The normalized spacial score (nSPS) is 10.5. The van der Waals surface area contributed by atoms with Crippen LogP contribution in [0.25, 0.3) is 0 Å². The molecule has 0 aliphatic rings. The van der Waals surface area contributed by atoms with Crippen molar-refractivity contribution in [3.63, 3.8) is 0 Å². The second kappa shape index (κ2) is 7.68. The van der Waals surface area contributed by atoms with Crippen LogP contribution >= 0.6 is 18.8 Å². The Kier molecular flexibility index (Phi) is 9.31. The van der Waals surface area contributed by atoms with E-state index in [1.807, 2.05) is 25.1 Å². The van der Waals surface area contributed by atoms with Gasteiger partial charge in [-0.15, -0.1) is 0 Å². The van der Waals surface area contributed by atoms with Gasteiger partial charge in [0.2, 0.25) is 0 Å². The molecule has 1 aromatic rings. The first kappa shape index (κ1) is 15.8. The molecular weight excluding hydrogens is 398 g/mol. The molecule has 1 rings (SSSR count). The maximum atomic E-state index is 7.79. The number of halogens is 2. The Bertz CT molecular complexity index is 212. The molecule has 0 aliphatic heterocycles. The number of hydrogen-bond donors (Lipinski definition) is 3. The Balaban J connectivity index is 0. The molecule has 13 heavy (non-hydrogen) atoms. The molecule has 1 heterocycles. The molecular formula is C6H12Cl2N2O2Pt. The van der Waals surface area contributed by atoms with Gasteiger partial charge in [-0.05, 0) is 19.1 Å².